The molecule has 0 aliphatic heterocycles. The molecule has 1 aromatic carbocycles. The summed E-state index contributed by atoms with van der Waals surface area (Å²) in [6.45, 7) is 2.45. The second-order valence-electron chi connectivity index (χ2n) is 5.28. The van der Waals surface area contributed by atoms with Gasteiger partial charge in [-0.15, -0.1) is 0 Å². The average molecular weight is 311 g/mol. The first-order valence-electron chi connectivity index (χ1n) is 8.07. The van der Waals surface area contributed by atoms with Crippen LogP contribution in [0.4, 0.5) is 5.82 Å². The van der Waals surface area contributed by atoms with Crippen LogP contribution in [0.1, 0.15) is 18.4 Å². The summed E-state index contributed by atoms with van der Waals surface area (Å²) in [4.78, 5) is 8.55. The summed E-state index contributed by atoms with van der Waals surface area (Å²) >= 11 is 0. The van der Waals surface area contributed by atoms with Crippen LogP contribution in [0.15, 0.2) is 59.7 Å². The molecule has 0 atom stereocenters. The van der Waals surface area contributed by atoms with Gasteiger partial charge in [-0.25, -0.2) is 4.98 Å². The third-order valence-electron chi connectivity index (χ3n) is 3.40. The van der Waals surface area contributed by atoms with Crippen molar-refractivity contribution < 1.29 is 0 Å². The summed E-state index contributed by atoms with van der Waals surface area (Å²) in [5.74, 6) is 1.44. The van der Waals surface area contributed by atoms with Gasteiger partial charge in [-0.05, 0) is 37.0 Å². The fraction of sp³-hybridized carbons (Fsp3) is 0.333. The van der Waals surface area contributed by atoms with Crippen LogP contribution in [0.5, 0.6) is 0 Å². The van der Waals surface area contributed by atoms with Crippen LogP contribution in [-0.4, -0.2) is 30.6 Å². The van der Waals surface area contributed by atoms with Gasteiger partial charge in [-0.3, -0.25) is 4.99 Å². The van der Waals surface area contributed by atoms with E-state index in [1.54, 1.807) is 6.20 Å². The maximum absolute atomic E-state index is 5.86. The van der Waals surface area contributed by atoms with Crippen LogP contribution in [0.2, 0.25) is 0 Å². The molecule has 0 fully saturated rings. The molecule has 0 amide bonds. The van der Waals surface area contributed by atoms with E-state index >= 15 is 0 Å². The number of benzene rings is 1. The van der Waals surface area contributed by atoms with Crippen molar-refractivity contribution in [2.24, 2.45) is 10.7 Å². The molecule has 4 N–H and O–H groups in total. The largest absolute Gasteiger partial charge is 0.370 e. The molecule has 0 aliphatic carbocycles. The molecule has 1 aromatic heterocycles. The number of nitrogens with zero attached hydrogens (tertiary/aromatic N) is 2. The number of guanidine groups is 1. The fourth-order valence-electron chi connectivity index (χ4n) is 2.16. The minimum atomic E-state index is 0.526. The van der Waals surface area contributed by atoms with Gasteiger partial charge in [0.05, 0.1) is 0 Å². The number of hydrogen-bond donors (Lipinski definition) is 3. The lowest BCUT2D eigenvalue weighted by Gasteiger charge is -2.06. The van der Waals surface area contributed by atoms with Crippen molar-refractivity contribution >= 4 is 11.8 Å². The van der Waals surface area contributed by atoms with Crippen LogP contribution in [0.25, 0.3) is 0 Å². The molecule has 0 unspecified atom stereocenters. The second-order valence-corrected chi connectivity index (χ2v) is 5.28. The van der Waals surface area contributed by atoms with Gasteiger partial charge < -0.3 is 16.4 Å². The Bertz CT molecular complexity index is 568. The van der Waals surface area contributed by atoms with Crippen molar-refractivity contribution in [1.29, 1.82) is 0 Å². The summed E-state index contributed by atoms with van der Waals surface area (Å²) in [6.07, 6.45) is 4.78. The number of hydrogen-bond acceptors (Lipinski definition) is 3. The first kappa shape index (κ1) is 16.8. The fourth-order valence-corrected chi connectivity index (χ4v) is 2.16. The molecule has 1 heterocycles. The third kappa shape index (κ3) is 7.31. The SMILES string of the molecule is NC(=NCCCCNc1ccccn1)NCCc1ccccc1. The summed E-state index contributed by atoms with van der Waals surface area (Å²) in [6, 6.07) is 16.2. The Labute approximate surface area is 138 Å². The lowest BCUT2D eigenvalue weighted by atomic mass is 10.1. The highest BCUT2D eigenvalue weighted by atomic mass is 15.1. The minimum Gasteiger partial charge on any atom is -0.370 e. The third-order valence-corrected chi connectivity index (χ3v) is 3.40. The smallest absolute Gasteiger partial charge is 0.188 e. The van der Waals surface area contributed by atoms with E-state index in [9.17, 15) is 0 Å². The van der Waals surface area contributed by atoms with E-state index < -0.39 is 0 Å². The van der Waals surface area contributed by atoms with Gasteiger partial charge in [0.1, 0.15) is 5.82 Å². The van der Waals surface area contributed by atoms with Crippen molar-refractivity contribution in [2.45, 2.75) is 19.3 Å². The van der Waals surface area contributed by atoms with Crippen LogP contribution in [-0.2, 0) is 6.42 Å². The molecule has 5 heteroatoms. The number of anilines is 1. The quantitative estimate of drug-likeness (QED) is 0.378. The molecule has 0 aliphatic rings. The monoisotopic (exact) mass is 311 g/mol. The zero-order valence-electron chi connectivity index (χ0n) is 13.4. The molecule has 0 saturated heterocycles. The van der Waals surface area contributed by atoms with Crippen molar-refractivity contribution in [3.63, 3.8) is 0 Å². The van der Waals surface area contributed by atoms with Gasteiger partial charge in [0.25, 0.3) is 0 Å². The zero-order chi connectivity index (χ0) is 16.2. The molecule has 23 heavy (non-hydrogen) atoms. The molecule has 0 spiro atoms. The van der Waals surface area contributed by atoms with E-state index in [1.807, 2.05) is 36.4 Å². The van der Waals surface area contributed by atoms with Gasteiger partial charge >= 0.3 is 0 Å². The van der Waals surface area contributed by atoms with Crippen molar-refractivity contribution in [2.75, 3.05) is 25.0 Å². The lowest BCUT2D eigenvalue weighted by molar-refractivity contribution is 0.763. The Morgan fingerprint density at radius 1 is 1.00 bits per heavy atom. The van der Waals surface area contributed by atoms with E-state index in [0.29, 0.717) is 5.96 Å². The number of unbranched alkanes of at least 4 members (excludes halogenated alkanes) is 1. The number of aliphatic imine (C=N–C) groups is 1. The zero-order valence-corrected chi connectivity index (χ0v) is 13.4. The molecular formula is C18H25N5. The average Bonchev–Trinajstić information content (AvgIpc) is 2.60. The molecule has 0 saturated carbocycles. The standard InChI is InChI=1S/C18H25N5/c19-18(23-15-11-16-8-2-1-3-9-16)22-14-7-6-13-21-17-10-4-5-12-20-17/h1-5,8-10,12H,6-7,11,13-15H2,(H,20,21)(H3,19,22,23). The van der Waals surface area contributed by atoms with Crippen LogP contribution in [0, 0.1) is 0 Å². The molecule has 0 radical (unpaired) electrons. The molecule has 5 nitrogen and oxygen atoms in total. The van der Waals surface area contributed by atoms with Gasteiger partial charge in [0, 0.05) is 25.8 Å². The van der Waals surface area contributed by atoms with Gasteiger partial charge in [-0.2, -0.15) is 0 Å². The Balaban J connectivity index is 1.51. The van der Waals surface area contributed by atoms with Crippen molar-refractivity contribution in [3.8, 4) is 0 Å². The van der Waals surface area contributed by atoms with Crippen LogP contribution in [0.3, 0.4) is 0 Å². The van der Waals surface area contributed by atoms with Crippen molar-refractivity contribution in [1.82, 2.24) is 10.3 Å². The topological polar surface area (TPSA) is 75.3 Å². The van der Waals surface area contributed by atoms with Crippen LogP contribution < -0.4 is 16.4 Å². The second kappa shape index (κ2) is 10.2. The first-order chi connectivity index (χ1) is 11.3. The predicted molar refractivity (Wildman–Crippen MR) is 96.6 cm³/mol. The molecule has 122 valence electrons. The Morgan fingerprint density at radius 2 is 1.83 bits per heavy atom. The van der Waals surface area contributed by atoms with Gasteiger partial charge in [0.2, 0.25) is 0 Å². The molecule has 0 bridgehead atoms. The maximum Gasteiger partial charge on any atom is 0.188 e. The van der Waals surface area contributed by atoms with E-state index in [2.05, 4.69) is 32.7 Å². The Kier molecular flexibility index (Phi) is 7.46. The lowest BCUT2D eigenvalue weighted by Crippen LogP contribution is -2.33. The van der Waals surface area contributed by atoms with E-state index in [1.165, 1.54) is 5.56 Å². The Morgan fingerprint density at radius 3 is 2.61 bits per heavy atom. The van der Waals surface area contributed by atoms with Crippen molar-refractivity contribution in [3.05, 3.63) is 60.3 Å². The number of pyridine rings is 1. The predicted octanol–water partition coefficient (Wildman–Crippen LogP) is 2.42. The molecular weight excluding hydrogens is 286 g/mol. The molecule has 2 aromatic rings. The number of nitrogens with one attached hydrogen (secondary N) is 2. The highest BCUT2D eigenvalue weighted by Crippen LogP contribution is 2.00. The van der Waals surface area contributed by atoms with Gasteiger partial charge in [0.15, 0.2) is 5.96 Å². The normalized spacial score (nSPS) is 11.2. The van der Waals surface area contributed by atoms with E-state index in [4.69, 9.17) is 5.73 Å². The number of nitrogens with two attached hydrogens (primary N) is 1. The number of aromatic nitrogens is 1. The highest BCUT2D eigenvalue weighted by molar-refractivity contribution is 5.77. The highest BCUT2D eigenvalue weighted by Gasteiger charge is 1.94. The van der Waals surface area contributed by atoms with E-state index in [0.717, 1.165) is 44.7 Å². The van der Waals surface area contributed by atoms with Gasteiger partial charge in [-0.1, -0.05) is 36.4 Å². The van der Waals surface area contributed by atoms with Crippen LogP contribution >= 0.6 is 0 Å². The van der Waals surface area contributed by atoms with E-state index in [-0.39, 0.29) is 0 Å². The first-order valence-corrected chi connectivity index (χ1v) is 8.07. The Hall–Kier alpha value is -2.56. The summed E-state index contributed by atoms with van der Waals surface area (Å²) in [7, 11) is 0. The molecule has 2 rings (SSSR count). The maximum atomic E-state index is 5.86. The number of rotatable bonds is 9. The summed E-state index contributed by atoms with van der Waals surface area (Å²) in [5.41, 5.74) is 7.16. The minimum absolute atomic E-state index is 0.526. The summed E-state index contributed by atoms with van der Waals surface area (Å²) < 4.78 is 0. The summed E-state index contributed by atoms with van der Waals surface area (Å²) in [5, 5.41) is 6.43.